The zero-order chi connectivity index (χ0) is 11.9. The minimum atomic E-state index is 1.26. The molecule has 4 N–H and O–H groups in total. The van der Waals surface area contributed by atoms with Gasteiger partial charge in [0, 0.05) is 0 Å². The van der Waals surface area contributed by atoms with Crippen molar-refractivity contribution in [1.29, 1.82) is 0 Å². The summed E-state index contributed by atoms with van der Waals surface area (Å²) in [5.41, 5.74) is 0. The van der Waals surface area contributed by atoms with Gasteiger partial charge in [-0.25, -0.2) is 0 Å². The summed E-state index contributed by atoms with van der Waals surface area (Å²) in [6.45, 7) is 3.53. The Morgan fingerprint density at radius 2 is 1.13 bits per heavy atom. The quantitative estimate of drug-likeness (QED) is 0.354. The Labute approximate surface area is 96.2 Å². The molecule has 15 heavy (non-hydrogen) atoms. The number of hydrazine groups is 1. The second-order valence-electron chi connectivity index (χ2n) is 4.28. The van der Waals surface area contributed by atoms with Crippen LogP contribution in [-0.4, -0.2) is 25.5 Å². The monoisotopic (exact) mass is 217 g/mol. The third kappa shape index (κ3) is 20.1. The maximum Gasteiger partial charge on any atom is -0.00248 e. The van der Waals surface area contributed by atoms with Crippen molar-refractivity contribution < 1.29 is 0 Å². The number of unbranched alkanes of at least 4 members (excludes halogenated alkanes) is 7. The molecule has 0 atom stereocenters. The predicted molar refractivity (Wildman–Crippen MR) is 69.5 cm³/mol. The Kier molecular flexibility index (Phi) is 18.8. The van der Waals surface area contributed by atoms with E-state index in [9.17, 15) is 0 Å². The lowest BCUT2D eigenvalue weighted by Gasteiger charge is -2.08. The van der Waals surface area contributed by atoms with E-state index in [-0.39, 0.29) is 0 Å². The van der Waals surface area contributed by atoms with Crippen molar-refractivity contribution in [2.24, 2.45) is 11.7 Å². The molecule has 0 aliphatic rings. The molecule has 3 heteroatoms. The van der Waals surface area contributed by atoms with Gasteiger partial charge in [-0.05, 0) is 27.1 Å². The van der Waals surface area contributed by atoms with Crippen LogP contribution in [0.1, 0.15) is 58.3 Å². The summed E-state index contributed by atoms with van der Waals surface area (Å²) in [7, 11) is 4.31. The van der Waals surface area contributed by atoms with E-state index < -0.39 is 0 Å². The smallest absolute Gasteiger partial charge is 0.00248 e. The summed E-state index contributed by atoms with van der Waals surface area (Å²) < 4.78 is 0. The Morgan fingerprint density at radius 3 is 1.53 bits per heavy atom. The van der Waals surface area contributed by atoms with Gasteiger partial charge in [-0.2, -0.15) is 0 Å². The molecule has 0 saturated carbocycles. The fraction of sp³-hybridized carbons (Fsp3) is 1.00. The molecular weight excluding hydrogens is 186 g/mol. The van der Waals surface area contributed by atoms with Gasteiger partial charge in [0.2, 0.25) is 0 Å². The standard InChI is InChI=1S/C12H27N.H4N2/c1-4-5-6-7-8-9-10-11-12-13(2)3;1-2/h4-12H2,1-3H3;1-2H2. The van der Waals surface area contributed by atoms with Crippen molar-refractivity contribution in [3.63, 3.8) is 0 Å². The van der Waals surface area contributed by atoms with Gasteiger partial charge >= 0.3 is 0 Å². The van der Waals surface area contributed by atoms with E-state index in [0.29, 0.717) is 0 Å². The molecule has 0 aromatic rings. The van der Waals surface area contributed by atoms with Crippen LogP contribution in [-0.2, 0) is 0 Å². The lowest BCUT2D eigenvalue weighted by Crippen LogP contribution is -2.12. The van der Waals surface area contributed by atoms with Crippen LogP contribution in [0.2, 0.25) is 0 Å². The molecule has 0 fully saturated rings. The summed E-state index contributed by atoms with van der Waals surface area (Å²) in [5.74, 6) is 8.00. The van der Waals surface area contributed by atoms with Gasteiger partial charge in [0.05, 0.1) is 0 Å². The highest BCUT2D eigenvalue weighted by Gasteiger charge is 1.92. The fourth-order valence-electron chi connectivity index (χ4n) is 1.56. The van der Waals surface area contributed by atoms with Crippen LogP contribution in [0.5, 0.6) is 0 Å². The van der Waals surface area contributed by atoms with Crippen molar-refractivity contribution in [2.75, 3.05) is 20.6 Å². The fourth-order valence-corrected chi connectivity index (χ4v) is 1.56. The zero-order valence-electron chi connectivity index (χ0n) is 11.0. The molecule has 0 saturated heterocycles. The topological polar surface area (TPSA) is 55.3 Å². The molecule has 0 amide bonds. The first kappa shape index (κ1) is 17.3. The van der Waals surface area contributed by atoms with E-state index in [2.05, 4.69) is 37.6 Å². The van der Waals surface area contributed by atoms with Crippen LogP contribution in [0.25, 0.3) is 0 Å². The Bertz CT molecular complexity index is 94.9. The number of nitrogens with two attached hydrogens (primary N) is 2. The summed E-state index contributed by atoms with van der Waals surface area (Å²) in [4.78, 5) is 2.27. The summed E-state index contributed by atoms with van der Waals surface area (Å²) in [6, 6.07) is 0. The first-order valence-electron chi connectivity index (χ1n) is 6.25. The van der Waals surface area contributed by atoms with Crippen LogP contribution in [0.15, 0.2) is 0 Å². The van der Waals surface area contributed by atoms with Gasteiger partial charge in [-0.15, -0.1) is 0 Å². The maximum atomic E-state index is 4.00. The minimum Gasteiger partial charge on any atom is -0.309 e. The Hall–Kier alpha value is -0.120. The van der Waals surface area contributed by atoms with Crippen molar-refractivity contribution in [1.82, 2.24) is 4.90 Å². The normalized spacial score (nSPS) is 10.0. The van der Waals surface area contributed by atoms with Crippen LogP contribution < -0.4 is 11.7 Å². The Morgan fingerprint density at radius 1 is 0.733 bits per heavy atom. The molecule has 0 aliphatic heterocycles. The molecule has 0 spiro atoms. The molecule has 0 heterocycles. The molecule has 0 aromatic heterocycles. The lowest BCUT2D eigenvalue weighted by atomic mass is 10.1. The van der Waals surface area contributed by atoms with E-state index in [1.807, 2.05) is 0 Å². The van der Waals surface area contributed by atoms with Gasteiger partial charge in [0.25, 0.3) is 0 Å². The van der Waals surface area contributed by atoms with Crippen LogP contribution >= 0.6 is 0 Å². The van der Waals surface area contributed by atoms with Crippen molar-refractivity contribution in [3.8, 4) is 0 Å². The minimum absolute atomic E-state index is 1.26. The second kappa shape index (κ2) is 16.3. The highest BCUT2D eigenvalue weighted by atomic mass is 15.0. The molecular formula is C12H31N3. The van der Waals surface area contributed by atoms with E-state index in [0.717, 1.165) is 0 Å². The summed E-state index contributed by atoms with van der Waals surface area (Å²) >= 11 is 0. The van der Waals surface area contributed by atoms with Crippen molar-refractivity contribution in [2.45, 2.75) is 58.3 Å². The van der Waals surface area contributed by atoms with Crippen LogP contribution in [0, 0.1) is 0 Å². The first-order chi connectivity index (χ1) is 7.27. The van der Waals surface area contributed by atoms with Crippen LogP contribution in [0.4, 0.5) is 0 Å². The number of rotatable bonds is 9. The van der Waals surface area contributed by atoms with Gasteiger partial charge < -0.3 is 4.90 Å². The van der Waals surface area contributed by atoms with Crippen molar-refractivity contribution >= 4 is 0 Å². The molecule has 94 valence electrons. The van der Waals surface area contributed by atoms with E-state index in [4.69, 9.17) is 0 Å². The number of hydrogen-bond acceptors (Lipinski definition) is 3. The van der Waals surface area contributed by atoms with Gasteiger partial charge in [0.1, 0.15) is 0 Å². The van der Waals surface area contributed by atoms with E-state index >= 15 is 0 Å². The first-order valence-corrected chi connectivity index (χ1v) is 6.25. The molecule has 0 bridgehead atoms. The molecule has 3 nitrogen and oxygen atoms in total. The largest absolute Gasteiger partial charge is 0.309 e. The summed E-state index contributed by atoms with van der Waals surface area (Å²) in [6.07, 6.45) is 11.4. The second-order valence-corrected chi connectivity index (χ2v) is 4.28. The molecule has 0 rings (SSSR count). The highest BCUT2D eigenvalue weighted by molar-refractivity contribution is 4.48. The maximum absolute atomic E-state index is 4.00. The van der Waals surface area contributed by atoms with E-state index in [1.165, 1.54) is 57.9 Å². The summed E-state index contributed by atoms with van der Waals surface area (Å²) in [5, 5.41) is 0. The average molecular weight is 217 g/mol. The predicted octanol–water partition coefficient (Wildman–Crippen LogP) is 2.51. The van der Waals surface area contributed by atoms with E-state index in [1.54, 1.807) is 0 Å². The third-order valence-electron chi connectivity index (χ3n) is 2.46. The highest BCUT2D eigenvalue weighted by Crippen LogP contribution is 2.08. The number of hydrogen-bond donors (Lipinski definition) is 2. The average Bonchev–Trinajstić information content (AvgIpc) is 2.24. The van der Waals surface area contributed by atoms with Gasteiger partial charge in [0.15, 0.2) is 0 Å². The van der Waals surface area contributed by atoms with Crippen molar-refractivity contribution in [3.05, 3.63) is 0 Å². The molecule has 0 aromatic carbocycles. The molecule has 0 aliphatic carbocycles. The number of nitrogens with zero attached hydrogens (tertiary/aromatic N) is 1. The van der Waals surface area contributed by atoms with Crippen LogP contribution in [0.3, 0.4) is 0 Å². The zero-order valence-corrected chi connectivity index (χ0v) is 11.0. The Balaban J connectivity index is 0. The van der Waals surface area contributed by atoms with Gasteiger partial charge in [-0.3, -0.25) is 11.7 Å². The molecule has 0 radical (unpaired) electrons. The lowest BCUT2D eigenvalue weighted by molar-refractivity contribution is 0.389. The SMILES string of the molecule is CCCCCCCCCCN(C)C.NN. The molecule has 0 unspecified atom stereocenters. The van der Waals surface area contributed by atoms with Gasteiger partial charge in [-0.1, -0.05) is 51.9 Å². The third-order valence-corrected chi connectivity index (χ3v) is 2.46.